The Morgan fingerprint density at radius 3 is 2.88 bits per heavy atom. The summed E-state index contributed by atoms with van der Waals surface area (Å²) in [6, 6.07) is 2.64. The highest BCUT2D eigenvalue weighted by molar-refractivity contribution is 5.11. The second-order valence-electron chi connectivity index (χ2n) is 4.59. The highest BCUT2D eigenvalue weighted by Gasteiger charge is 2.03. The van der Waals surface area contributed by atoms with Crippen LogP contribution in [0.25, 0.3) is 0 Å². The summed E-state index contributed by atoms with van der Waals surface area (Å²) in [5.41, 5.74) is 1.29. The summed E-state index contributed by atoms with van der Waals surface area (Å²) in [7, 11) is 1.96. The summed E-state index contributed by atoms with van der Waals surface area (Å²) in [4.78, 5) is 0. The lowest BCUT2D eigenvalue weighted by Gasteiger charge is -2.06. The van der Waals surface area contributed by atoms with Crippen molar-refractivity contribution in [1.29, 1.82) is 0 Å². The molecule has 0 unspecified atom stereocenters. The lowest BCUT2D eigenvalue weighted by Crippen LogP contribution is -2.21. The van der Waals surface area contributed by atoms with Gasteiger partial charge in [-0.15, -0.1) is 10.2 Å². The maximum absolute atomic E-state index is 4.07. The van der Waals surface area contributed by atoms with Crippen molar-refractivity contribution < 1.29 is 0 Å². The summed E-state index contributed by atoms with van der Waals surface area (Å²) in [5.74, 6) is 0.962. The molecule has 2 aromatic rings. The molecular formula is C12H19N5. The summed E-state index contributed by atoms with van der Waals surface area (Å²) >= 11 is 0. The maximum atomic E-state index is 4.07. The standard InChI is InChI=1S/C12H19N5/c1-10(2)13-6-11-4-5-17(7-11)8-12-15-14-9-16(12)3/h4-5,7,9-10,13H,6,8H2,1-3H3. The molecule has 0 aromatic carbocycles. The van der Waals surface area contributed by atoms with E-state index in [1.807, 2.05) is 11.6 Å². The van der Waals surface area contributed by atoms with Gasteiger partial charge in [-0.1, -0.05) is 13.8 Å². The van der Waals surface area contributed by atoms with Gasteiger partial charge >= 0.3 is 0 Å². The van der Waals surface area contributed by atoms with Crippen molar-refractivity contribution in [3.05, 3.63) is 36.2 Å². The maximum Gasteiger partial charge on any atom is 0.152 e. The van der Waals surface area contributed by atoms with Crippen LogP contribution in [-0.4, -0.2) is 25.4 Å². The van der Waals surface area contributed by atoms with Gasteiger partial charge < -0.3 is 14.5 Å². The van der Waals surface area contributed by atoms with Crippen LogP contribution in [0.1, 0.15) is 25.2 Å². The predicted octanol–water partition coefficient (Wildman–Crippen LogP) is 1.16. The molecule has 0 saturated heterocycles. The average molecular weight is 233 g/mol. The number of hydrogen-bond acceptors (Lipinski definition) is 3. The lowest BCUT2D eigenvalue weighted by atomic mass is 10.3. The van der Waals surface area contributed by atoms with E-state index >= 15 is 0 Å². The first kappa shape index (κ1) is 11.9. The third kappa shape index (κ3) is 3.17. The third-order valence-corrected chi connectivity index (χ3v) is 2.66. The van der Waals surface area contributed by atoms with Gasteiger partial charge in [0.05, 0.1) is 6.54 Å². The van der Waals surface area contributed by atoms with E-state index in [2.05, 4.69) is 52.4 Å². The van der Waals surface area contributed by atoms with Crippen molar-refractivity contribution >= 4 is 0 Å². The van der Waals surface area contributed by atoms with Crippen molar-refractivity contribution in [2.24, 2.45) is 7.05 Å². The Labute approximate surface area is 101 Å². The van der Waals surface area contributed by atoms with Gasteiger partial charge in [-0.3, -0.25) is 0 Å². The number of rotatable bonds is 5. The zero-order valence-corrected chi connectivity index (χ0v) is 10.6. The summed E-state index contributed by atoms with van der Waals surface area (Å²) in [6.07, 6.45) is 5.94. The molecule has 0 spiro atoms. The molecule has 2 heterocycles. The first-order valence-corrected chi connectivity index (χ1v) is 5.86. The molecule has 0 saturated carbocycles. The van der Waals surface area contributed by atoms with Crippen molar-refractivity contribution in [3.63, 3.8) is 0 Å². The molecule has 0 atom stereocenters. The molecule has 0 aliphatic heterocycles. The Morgan fingerprint density at radius 1 is 1.41 bits per heavy atom. The van der Waals surface area contributed by atoms with Gasteiger partial charge in [0.25, 0.3) is 0 Å². The van der Waals surface area contributed by atoms with E-state index < -0.39 is 0 Å². The smallest absolute Gasteiger partial charge is 0.152 e. The van der Waals surface area contributed by atoms with E-state index in [-0.39, 0.29) is 0 Å². The molecule has 0 fully saturated rings. The van der Waals surface area contributed by atoms with Crippen LogP contribution in [0.15, 0.2) is 24.8 Å². The monoisotopic (exact) mass is 233 g/mol. The van der Waals surface area contributed by atoms with Crippen molar-refractivity contribution in [2.75, 3.05) is 0 Å². The molecule has 92 valence electrons. The highest BCUT2D eigenvalue weighted by Crippen LogP contribution is 2.04. The van der Waals surface area contributed by atoms with Gasteiger partial charge in [0.15, 0.2) is 5.82 Å². The van der Waals surface area contributed by atoms with Gasteiger partial charge in [0.1, 0.15) is 6.33 Å². The first-order chi connectivity index (χ1) is 8.15. The molecule has 2 aromatic heterocycles. The van der Waals surface area contributed by atoms with E-state index in [9.17, 15) is 0 Å². The second kappa shape index (κ2) is 5.14. The molecule has 5 nitrogen and oxygen atoms in total. The quantitative estimate of drug-likeness (QED) is 0.843. The molecule has 17 heavy (non-hydrogen) atoms. The molecule has 0 radical (unpaired) electrons. The summed E-state index contributed by atoms with van der Waals surface area (Å²) in [6.45, 7) is 5.97. The largest absolute Gasteiger partial charge is 0.346 e. The van der Waals surface area contributed by atoms with Crippen molar-refractivity contribution in [3.8, 4) is 0 Å². The van der Waals surface area contributed by atoms with Crippen LogP contribution < -0.4 is 5.32 Å². The molecule has 1 N–H and O–H groups in total. The Morgan fingerprint density at radius 2 is 2.24 bits per heavy atom. The Balaban J connectivity index is 1.97. The fraction of sp³-hybridized carbons (Fsp3) is 0.500. The normalized spacial score (nSPS) is 11.3. The lowest BCUT2D eigenvalue weighted by molar-refractivity contribution is 0.587. The predicted molar refractivity (Wildman–Crippen MR) is 66.5 cm³/mol. The minimum atomic E-state index is 0.511. The topological polar surface area (TPSA) is 47.7 Å². The van der Waals surface area contributed by atoms with E-state index in [0.29, 0.717) is 6.04 Å². The van der Waals surface area contributed by atoms with Crippen LogP contribution in [0.2, 0.25) is 0 Å². The van der Waals surface area contributed by atoms with Crippen molar-refractivity contribution in [2.45, 2.75) is 33.0 Å². The summed E-state index contributed by atoms with van der Waals surface area (Å²) < 4.78 is 4.06. The Hall–Kier alpha value is -1.62. The van der Waals surface area contributed by atoms with Crippen molar-refractivity contribution in [1.82, 2.24) is 24.6 Å². The van der Waals surface area contributed by atoms with Crippen LogP contribution in [-0.2, 0) is 20.1 Å². The molecule has 2 rings (SSSR count). The molecule has 5 heteroatoms. The number of aromatic nitrogens is 4. The van der Waals surface area contributed by atoms with Crippen LogP contribution in [0.4, 0.5) is 0 Å². The average Bonchev–Trinajstić information content (AvgIpc) is 2.87. The first-order valence-electron chi connectivity index (χ1n) is 5.86. The number of hydrogen-bond donors (Lipinski definition) is 1. The molecule has 0 aliphatic rings. The molecular weight excluding hydrogens is 214 g/mol. The number of nitrogens with one attached hydrogen (secondary N) is 1. The molecule has 0 amide bonds. The summed E-state index contributed by atoms with van der Waals surface area (Å²) in [5, 5.41) is 11.3. The zero-order chi connectivity index (χ0) is 12.3. The second-order valence-corrected chi connectivity index (χ2v) is 4.59. The minimum absolute atomic E-state index is 0.511. The zero-order valence-electron chi connectivity index (χ0n) is 10.6. The fourth-order valence-corrected chi connectivity index (χ4v) is 1.63. The minimum Gasteiger partial charge on any atom is -0.346 e. The Bertz CT molecular complexity index is 469. The van der Waals surface area contributed by atoms with Gasteiger partial charge in [0, 0.05) is 32.0 Å². The van der Waals surface area contributed by atoms with E-state index in [1.165, 1.54) is 5.56 Å². The van der Waals surface area contributed by atoms with Crippen LogP contribution in [0.5, 0.6) is 0 Å². The van der Waals surface area contributed by atoms with Gasteiger partial charge in [-0.05, 0) is 11.6 Å². The fourth-order valence-electron chi connectivity index (χ4n) is 1.63. The van der Waals surface area contributed by atoms with Crippen LogP contribution >= 0.6 is 0 Å². The number of nitrogens with zero attached hydrogens (tertiary/aromatic N) is 4. The van der Waals surface area contributed by atoms with Crippen LogP contribution in [0, 0.1) is 0 Å². The van der Waals surface area contributed by atoms with Gasteiger partial charge in [0.2, 0.25) is 0 Å². The van der Waals surface area contributed by atoms with E-state index in [1.54, 1.807) is 6.33 Å². The SMILES string of the molecule is CC(C)NCc1ccn(Cc2nncn2C)c1. The molecule has 0 aliphatic carbocycles. The van der Waals surface area contributed by atoms with E-state index in [0.717, 1.165) is 18.9 Å². The third-order valence-electron chi connectivity index (χ3n) is 2.66. The van der Waals surface area contributed by atoms with E-state index in [4.69, 9.17) is 0 Å². The van der Waals surface area contributed by atoms with Gasteiger partial charge in [-0.2, -0.15) is 0 Å². The highest BCUT2D eigenvalue weighted by atomic mass is 15.3. The van der Waals surface area contributed by atoms with Crippen LogP contribution in [0.3, 0.4) is 0 Å². The number of aryl methyl sites for hydroxylation is 1. The molecule has 0 bridgehead atoms. The van der Waals surface area contributed by atoms with Gasteiger partial charge in [-0.25, -0.2) is 0 Å². The Kier molecular flexibility index (Phi) is 3.58.